The molecule has 0 unspecified atom stereocenters. The first kappa shape index (κ1) is 54.4. The molecule has 0 radical (unpaired) electrons. The van der Waals surface area contributed by atoms with Gasteiger partial charge in [0.05, 0.1) is 6.61 Å². The van der Waals surface area contributed by atoms with Crippen molar-refractivity contribution in [2.45, 2.75) is 244 Å². The van der Waals surface area contributed by atoms with Crippen LogP contribution in [-0.4, -0.2) is 88.4 Å². The van der Waals surface area contributed by atoms with Gasteiger partial charge in [0.1, 0.15) is 37.5 Å². The minimum Gasteiger partial charge on any atom is -0.445 e. The lowest BCUT2D eigenvalue weighted by molar-refractivity contribution is -0.231. The van der Waals surface area contributed by atoms with E-state index in [2.05, 4.69) is 24.5 Å². The van der Waals surface area contributed by atoms with Gasteiger partial charge in [0.25, 0.3) is 0 Å². The first-order valence-corrected chi connectivity index (χ1v) is 25.0. The van der Waals surface area contributed by atoms with Crippen molar-refractivity contribution in [1.29, 1.82) is 0 Å². The van der Waals surface area contributed by atoms with Crippen LogP contribution in [0.2, 0.25) is 0 Å². The van der Waals surface area contributed by atoms with E-state index in [0.29, 0.717) is 13.0 Å². The highest BCUT2D eigenvalue weighted by atomic mass is 16.6. The van der Waals surface area contributed by atoms with E-state index in [1.807, 2.05) is 30.3 Å². The fourth-order valence-corrected chi connectivity index (χ4v) is 8.35. The van der Waals surface area contributed by atoms with Crippen LogP contribution in [0.25, 0.3) is 0 Å². The molecule has 0 spiro atoms. The highest BCUT2D eigenvalue weighted by Gasteiger charge is 2.48. The molecule has 2 rings (SSSR count). The van der Waals surface area contributed by atoms with E-state index in [0.717, 1.165) is 56.9 Å². The van der Waals surface area contributed by atoms with Crippen LogP contribution in [-0.2, 0) is 25.7 Å². The molecule has 1 aliphatic heterocycles. The lowest BCUT2D eigenvalue weighted by Crippen LogP contribution is -2.69. The van der Waals surface area contributed by atoms with Crippen LogP contribution in [0.1, 0.15) is 212 Å². The van der Waals surface area contributed by atoms with Gasteiger partial charge in [-0.05, 0) is 18.4 Å². The molecule has 0 bridgehead atoms. The van der Waals surface area contributed by atoms with Crippen molar-refractivity contribution in [1.82, 2.24) is 15.5 Å². The van der Waals surface area contributed by atoms with E-state index in [1.165, 1.54) is 135 Å². The molecular formula is C50H89N3O8. The number of nitrogens with zero attached hydrogens (tertiary/aromatic N) is 1. The Hall–Kier alpha value is -2.73. The van der Waals surface area contributed by atoms with Gasteiger partial charge in [-0.2, -0.15) is 0 Å². The average Bonchev–Trinajstić information content (AvgIpc) is 3.27. The molecule has 3 amide bonds. The maximum absolute atomic E-state index is 14.0. The number of benzene rings is 1. The molecule has 11 heteroatoms. The summed E-state index contributed by atoms with van der Waals surface area (Å²) in [7, 11) is 0. The predicted molar refractivity (Wildman–Crippen MR) is 246 cm³/mol. The molecule has 1 aromatic carbocycles. The van der Waals surface area contributed by atoms with Crippen molar-refractivity contribution in [3.8, 4) is 0 Å². The first-order valence-electron chi connectivity index (χ1n) is 25.0. The summed E-state index contributed by atoms with van der Waals surface area (Å²) in [4.78, 5) is 41.1. The zero-order valence-corrected chi connectivity index (χ0v) is 38.6. The smallest absolute Gasteiger partial charge is 0.407 e. The van der Waals surface area contributed by atoms with Crippen molar-refractivity contribution in [3.63, 3.8) is 0 Å². The number of hydrogen-bond acceptors (Lipinski definition) is 8. The molecule has 61 heavy (non-hydrogen) atoms. The minimum atomic E-state index is -1.53. The SMILES string of the molecule is CCCCCCCCCCCCCCCCCCN(C(=O)CCCCCCCCCCCCCCC)[C@@H]1O[C@H](CO)[C@@H](O)[C@H](O)[C@H]1NC(=O)CNC(=O)OCc1ccccc1. The summed E-state index contributed by atoms with van der Waals surface area (Å²) in [6.07, 6.45) is 29.6. The number of ether oxygens (including phenoxy) is 2. The number of alkyl carbamates (subject to hydrolysis) is 1. The van der Waals surface area contributed by atoms with Crippen LogP contribution in [0.4, 0.5) is 4.79 Å². The number of amides is 3. The summed E-state index contributed by atoms with van der Waals surface area (Å²) in [6, 6.07) is 7.98. The summed E-state index contributed by atoms with van der Waals surface area (Å²) in [6.45, 7) is 3.89. The molecule has 5 atom stereocenters. The second-order valence-electron chi connectivity index (χ2n) is 17.6. The van der Waals surface area contributed by atoms with E-state index in [1.54, 1.807) is 4.90 Å². The number of rotatable bonds is 38. The molecule has 1 aliphatic rings. The molecular weight excluding hydrogens is 771 g/mol. The maximum Gasteiger partial charge on any atom is 0.407 e. The van der Waals surface area contributed by atoms with E-state index >= 15 is 0 Å². The number of hydrogen-bond donors (Lipinski definition) is 5. The molecule has 1 aromatic rings. The largest absolute Gasteiger partial charge is 0.445 e. The van der Waals surface area contributed by atoms with Crippen LogP contribution in [0.5, 0.6) is 0 Å². The Morgan fingerprint density at radius 3 is 1.52 bits per heavy atom. The number of carbonyl (C=O) groups excluding carboxylic acids is 3. The Balaban J connectivity index is 1.90. The summed E-state index contributed by atoms with van der Waals surface area (Å²) >= 11 is 0. The number of nitrogens with one attached hydrogen (secondary N) is 2. The van der Waals surface area contributed by atoms with Gasteiger partial charge in [-0.3, -0.25) is 9.59 Å². The van der Waals surface area contributed by atoms with Crippen LogP contribution in [0.3, 0.4) is 0 Å². The number of aliphatic hydroxyl groups is 3. The summed E-state index contributed by atoms with van der Waals surface area (Å²) in [5.41, 5.74) is 0.799. The van der Waals surface area contributed by atoms with E-state index in [9.17, 15) is 29.7 Å². The van der Waals surface area contributed by atoms with Gasteiger partial charge in [0.2, 0.25) is 11.8 Å². The molecule has 1 heterocycles. The Morgan fingerprint density at radius 1 is 0.623 bits per heavy atom. The van der Waals surface area contributed by atoms with Crippen LogP contribution in [0, 0.1) is 0 Å². The predicted octanol–water partition coefficient (Wildman–Crippen LogP) is 10.4. The van der Waals surface area contributed by atoms with Gasteiger partial charge in [-0.1, -0.05) is 218 Å². The lowest BCUT2D eigenvalue weighted by atomic mass is 9.94. The van der Waals surface area contributed by atoms with E-state index in [-0.39, 0.29) is 12.5 Å². The molecule has 352 valence electrons. The standard InChI is InChI=1S/C50H89N3O8/c1-3-5-7-9-11-13-15-17-18-19-21-23-25-27-29-34-38-53(45(56)37-33-28-26-24-22-20-16-14-12-10-8-6-4-2)49-46(48(58)47(57)43(40-54)61-49)52-44(55)39-51-50(59)60-41-42-35-31-30-32-36-42/h30-32,35-36,43,46-49,54,57-58H,3-29,33-34,37-41H2,1-2H3,(H,51,59)(H,52,55)/t43-,46-,47-,48-,49-/m1/s1. The minimum absolute atomic E-state index is 0.0377. The van der Waals surface area contributed by atoms with Crippen molar-refractivity contribution in [2.24, 2.45) is 0 Å². The molecule has 1 fully saturated rings. The summed E-state index contributed by atoms with van der Waals surface area (Å²) in [5, 5.41) is 37.3. The van der Waals surface area contributed by atoms with Gasteiger partial charge < -0.3 is 40.3 Å². The quantitative estimate of drug-likeness (QED) is 0.0411. The second kappa shape index (κ2) is 36.7. The van der Waals surface area contributed by atoms with Crippen LogP contribution >= 0.6 is 0 Å². The van der Waals surface area contributed by atoms with Gasteiger partial charge in [-0.15, -0.1) is 0 Å². The molecule has 5 N–H and O–H groups in total. The zero-order chi connectivity index (χ0) is 44.2. The van der Waals surface area contributed by atoms with Gasteiger partial charge in [0, 0.05) is 13.0 Å². The third-order valence-electron chi connectivity index (χ3n) is 12.2. The number of unbranched alkanes of at least 4 members (excludes halogenated alkanes) is 27. The molecule has 1 saturated heterocycles. The van der Waals surface area contributed by atoms with Crippen molar-refractivity contribution < 1.29 is 39.2 Å². The topological polar surface area (TPSA) is 158 Å². The zero-order valence-electron chi connectivity index (χ0n) is 38.6. The van der Waals surface area contributed by atoms with E-state index < -0.39 is 55.7 Å². The van der Waals surface area contributed by atoms with Crippen molar-refractivity contribution in [2.75, 3.05) is 19.7 Å². The summed E-state index contributed by atoms with van der Waals surface area (Å²) in [5.74, 6) is -0.786. The van der Waals surface area contributed by atoms with Crippen LogP contribution in [0.15, 0.2) is 30.3 Å². The normalized spacial score (nSPS) is 18.8. The van der Waals surface area contributed by atoms with Gasteiger partial charge in [0.15, 0.2) is 6.23 Å². The molecule has 0 aliphatic carbocycles. The average molecular weight is 860 g/mol. The molecule has 11 nitrogen and oxygen atoms in total. The summed E-state index contributed by atoms with van der Waals surface area (Å²) < 4.78 is 11.4. The Kier molecular flexibility index (Phi) is 32.8. The first-order chi connectivity index (χ1) is 29.8. The lowest BCUT2D eigenvalue weighted by Gasteiger charge is -2.47. The fourth-order valence-electron chi connectivity index (χ4n) is 8.35. The van der Waals surface area contributed by atoms with Gasteiger partial charge >= 0.3 is 6.09 Å². The third kappa shape index (κ3) is 25.8. The van der Waals surface area contributed by atoms with E-state index in [4.69, 9.17) is 9.47 Å². The Bertz CT molecular complexity index is 1220. The molecule has 0 saturated carbocycles. The highest BCUT2D eigenvalue weighted by Crippen LogP contribution is 2.26. The Morgan fingerprint density at radius 2 is 1.07 bits per heavy atom. The fraction of sp³-hybridized carbons (Fsp3) is 0.820. The number of carbonyl (C=O) groups is 3. The van der Waals surface area contributed by atoms with Crippen LogP contribution < -0.4 is 10.6 Å². The van der Waals surface area contributed by atoms with Crippen molar-refractivity contribution in [3.05, 3.63) is 35.9 Å². The Labute approximate surface area is 370 Å². The van der Waals surface area contributed by atoms with Gasteiger partial charge in [-0.25, -0.2) is 4.79 Å². The second-order valence-corrected chi connectivity index (χ2v) is 17.6. The molecule has 0 aromatic heterocycles. The third-order valence-corrected chi connectivity index (χ3v) is 12.2. The van der Waals surface area contributed by atoms with Crippen molar-refractivity contribution >= 4 is 17.9 Å². The maximum atomic E-state index is 14.0. The number of aliphatic hydroxyl groups excluding tert-OH is 3. The highest BCUT2D eigenvalue weighted by molar-refractivity contribution is 5.82. The monoisotopic (exact) mass is 860 g/mol.